The van der Waals surface area contributed by atoms with Gasteiger partial charge in [0.05, 0.1) is 16.6 Å². The smallest absolute Gasteiger partial charge is 0.230 e. The zero-order valence-electron chi connectivity index (χ0n) is 15.6. The molecule has 0 aliphatic carbocycles. The van der Waals surface area contributed by atoms with Crippen molar-refractivity contribution >= 4 is 51.8 Å². The fraction of sp³-hybridized carbons (Fsp3) is 0.190. The number of nitrogens with zero attached hydrogens (tertiary/aromatic N) is 4. The second kappa shape index (κ2) is 8.53. The molecule has 0 saturated heterocycles. The number of anilines is 1. The summed E-state index contributed by atoms with van der Waals surface area (Å²) in [4.78, 5) is 19.1. The molecule has 0 N–H and O–H groups in total. The van der Waals surface area contributed by atoms with Gasteiger partial charge < -0.3 is 4.90 Å². The molecule has 1 atom stereocenters. The molecule has 1 amide bonds. The first kappa shape index (κ1) is 19.9. The Labute approximate surface area is 183 Å². The molecule has 2 heterocycles. The van der Waals surface area contributed by atoms with Gasteiger partial charge in [0.15, 0.2) is 5.13 Å². The van der Waals surface area contributed by atoms with Crippen molar-refractivity contribution in [2.24, 2.45) is 5.10 Å². The minimum atomic E-state index is -0.262. The van der Waals surface area contributed by atoms with Crippen molar-refractivity contribution in [3.8, 4) is 0 Å². The lowest BCUT2D eigenvalue weighted by molar-refractivity contribution is -0.119. The van der Waals surface area contributed by atoms with Gasteiger partial charge in [-0.2, -0.15) is 5.10 Å². The molecule has 0 spiro atoms. The van der Waals surface area contributed by atoms with Gasteiger partial charge in [0.25, 0.3) is 0 Å². The molecule has 5 nitrogen and oxygen atoms in total. The van der Waals surface area contributed by atoms with Crippen molar-refractivity contribution in [2.45, 2.75) is 19.0 Å². The largest absolute Gasteiger partial charge is 0.347 e. The van der Waals surface area contributed by atoms with Gasteiger partial charge in [-0.05, 0) is 23.3 Å². The van der Waals surface area contributed by atoms with Crippen LogP contribution < -0.4 is 4.90 Å². The van der Waals surface area contributed by atoms with Gasteiger partial charge in [0.2, 0.25) is 6.41 Å². The van der Waals surface area contributed by atoms with E-state index in [1.54, 1.807) is 0 Å². The highest BCUT2D eigenvalue weighted by molar-refractivity contribution is 7.16. The third-order valence-electron chi connectivity index (χ3n) is 4.72. The summed E-state index contributed by atoms with van der Waals surface area (Å²) in [6.07, 6.45) is 1.31. The quantitative estimate of drug-likeness (QED) is 0.478. The highest BCUT2D eigenvalue weighted by atomic mass is 35.5. The zero-order chi connectivity index (χ0) is 20.4. The molecule has 148 valence electrons. The number of carbonyl (C=O) groups excluding carboxylic acids is 1. The summed E-state index contributed by atoms with van der Waals surface area (Å²) in [7, 11) is 1.98. The van der Waals surface area contributed by atoms with Crippen LogP contribution in [-0.4, -0.2) is 29.2 Å². The minimum absolute atomic E-state index is 0.262. The average Bonchev–Trinajstić information content (AvgIpc) is 3.32. The van der Waals surface area contributed by atoms with Crippen molar-refractivity contribution in [1.82, 2.24) is 9.99 Å². The Balaban J connectivity index is 1.55. The summed E-state index contributed by atoms with van der Waals surface area (Å²) in [5.41, 5.74) is 2.94. The first-order chi connectivity index (χ1) is 14.0. The molecule has 3 aromatic rings. The van der Waals surface area contributed by atoms with Gasteiger partial charge in [0.1, 0.15) is 5.15 Å². The van der Waals surface area contributed by atoms with E-state index in [2.05, 4.69) is 27.1 Å². The normalized spacial score (nSPS) is 16.0. The van der Waals surface area contributed by atoms with E-state index in [4.69, 9.17) is 23.2 Å². The second-order valence-electron chi connectivity index (χ2n) is 6.75. The number of hydrogen-bond acceptors (Lipinski definition) is 5. The molecule has 1 unspecified atom stereocenters. The molecule has 1 aliphatic heterocycles. The summed E-state index contributed by atoms with van der Waals surface area (Å²) in [5, 5.41) is 7.77. The first-order valence-electron chi connectivity index (χ1n) is 9.03. The predicted molar refractivity (Wildman–Crippen MR) is 119 cm³/mol. The molecule has 2 aromatic carbocycles. The van der Waals surface area contributed by atoms with Crippen LogP contribution in [-0.2, 0) is 11.3 Å². The maximum Gasteiger partial charge on any atom is 0.230 e. The van der Waals surface area contributed by atoms with Crippen molar-refractivity contribution < 1.29 is 4.79 Å². The topological polar surface area (TPSA) is 48.8 Å². The van der Waals surface area contributed by atoms with Gasteiger partial charge in [-0.3, -0.25) is 4.79 Å². The van der Waals surface area contributed by atoms with E-state index in [0.29, 0.717) is 16.6 Å². The number of aromatic nitrogens is 1. The molecule has 0 radical (unpaired) electrons. The van der Waals surface area contributed by atoms with Crippen molar-refractivity contribution in [3.05, 3.63) is 80.8 Å². The fourth-order valence-electron chi connectivity index (χ4n) is 3.25. The average molecular weight is 445 g/mol. The zero-order valence-corrected chi connectivity index (χ0v) is 18.0. The molecular weight excluding hydrogens is 427 g/mol. The second-order valence-corrected chi connectivity index (χ2v) is 8.56. The third-order valence-corrected chi connectivity index (χ3v) is 6.64. The molecule has 1 aromatic heterocycles. The summed E-state index contributed by atoms with van der Waals surface area (Å²) in [6, 6.07) is 17.3. The number of benzene rings is 2. The maximum absolute atomic E-state index is 11.6. The van der Waals surface area contributed by atoms with Crippen LogP contribution in [0.5, 0.6) is 0 Å². The third kappa shape index (κ3) is 4.29. The molecular formula is C21H18Cl2N4OS. The number of carbonyl (C=O) groups is 1. The van der Waals surface area contributed by atoms with Crippen molar-refractivity contribution in [3.63, 3.8) is 0 Å². The van der Waals surface area contributed by atoms with Crippen LogP contribution in [0.2, 0.25) is 10.2 Å². The van der Waals surface area contributed by atoms with E-state index in [0.717, 1.165) is 34.2 Å². The van der Waals surface area contributed by atoms with Crippen LogP contribution in [0, 0.1) is 0 Å². The Kier molecular flexibility index (Phi) is 5.85. The van der Waals surface area contributed by atoms with Gasteiger partial charge >= 0.3 is 0 Å². The SMILES string of the molecule is CN(Cc1ccccc1)c1nc(Cl)c(C2CC(c3ccc(Cl)cc3)=NN2C=O)s1. The van der Waals surface area contributed by atoms with Crippen LogP contribution in [0.3, 0.4) is 0 Å². The van der Waals surface area contributed by atoms with E-state index >= 15 is 0 Å². The summed E-state index contributed by atoms with van der Waals surface area (Å²) < 4.78 is 0. The molecule has 1 aliphatic rings. The Morgan fingerprint density at radius 2 is 1.90 bits per heavy atom. The van der Waals surface area contributed by atoms with Crippen molar-refractivity contribution in [2.75, 3.05) is 11.9 Å². The summed E-state index contributed by atoms with van der Waals surface area (Å²) >= 11 is 13.9. The number of halogens is 2. The van der Waals surface area contributed by atoms with E-state index in [-0.39, 0.29) is 6.04 Å². The highest BCUT2D eigenvalue weighted by Crippen LogP contribution is 2.41. The minimum Gasteiger partial charge on any atom is -0.347 e. The molecule has 29 heavy (non-hydrogen) atoms. The number of thiazole rings is 1. The van der Waals surface area contributed by atoms with E-state index in [9.17, 15) is 4.79 Å². The monoisotopic (exact) mass is 444 g/mol. The highest BCUT2D eigenvalue weighted by Gasteiger charge is 2.32. The van der Waals surface area contributed by atoms with Crippen LogP contribution in [0.25, 0.3) is 0 Å². The van der Waals surface area contributed by atoms with Crippen LogP contribution >= 0.6 is 34.5 Å². The lowest BCUT2D eigenvalue weighted by Gasteiger charge is -2.16. The van der Waals surface area contributed by atoms with Gasteiger partial charge in [-0.15, -0.1) is 0 Å². The maximum atomic E-state index is 11.6. The Hall–Kier alpha value is -2.41. The van der Waals surface area contributed by atoms with Gasteiger partial charge in [-0.1, -0.05) is 77.0 Å². The number of hydrazone groups is 1. The molecule has 0 fully saturated rings. The fourth-order valence-corrected chi connectivity index (χ4v) is 4.76. The molecule has 8 heteroatoms. The number of hydrogen-bond donors (Lipinski definition) is 0. The molecule has 0 bridgehead atoms. The van der Waals surface area contributed by atoms with Gasteiger partial charge in [-0.25, -0.2) is 9.99 Å². The van der Waals surface area contributed by atoms with E-state index in [1.165, 1.54) is 21.9 Å². The molecule has 0 saturated carbocycles. The summed E-state index contributed by atoms with van der Waals surface area (Å²) in [5.74, 6) is 0. The summed E-state index contributed by atoms with van der Waals surface area (Å²) in [6.45, 7) is 0.721. The number of rotatable bonds is 6. The predicted octanol–water partition coefficient (Wildman–Crippen LogP) is 5.39. The Morgan fingerprint density at radius 1 is 1.17 bits per heavy atom. The molecule has 4 rings (SSSR count). The lowest BCUT2D eigenvalue weighted by atomic mass is 10.0. The van der Waals surface area contributed by atoms with Gasteiger partial charge in [0, 0.05) is 25.0 Å². The first-order valence-corrected chi connectivity index (χ1v) is 10.6. The Morgan fingerprint density at radius 3 is 2.59 bits per heavy atom. The van der Waals surface area contributed by atoms with Crippen LogP contribution in [0.4, 0.5) is 5.13 Å². The Bertz CT molecular complexity index is 1040. The lowest BCUT2D eigenvalue weighted by Crippen LogP contribution is -2.16. The standard InChI is InChI=1S/C21H18Cl2N4OS/c1-26(12-14-5-3-2-4-6-14)21-24-20(23)19(29-21)18-11-17(25-27(18)13-28)15-7-9-16(22)10-8-15/h2-10,13,18H,11-12H2,1H3. The van der Waals surface area contributed by atoms with Crippen LogP contribution in [0.1, 0.15) is 28.5 Å². The van der Waals surface area contributed by atoms with Crippen molar-refractivity contribution in [1.29, 1.82) is 0 Å². The van der Waals surface area contributed by atoms with E-state index < -0.39 is 0 Å². The number of amides is 1. The van der Waals surface area contributed by atoms with Crippen LogP contribution in [0.15, 0.2) is 59.7 Å². The van der Waals surface area contributed by atoms with E-state index in [1.807, 2.05) is 49.5 Å².